The predicted octanol–water partition coefficient (Wildman–Crippen LogP) is 4.52. The third-order valence-corrected chi connectivity index (χ3v) is 2.99. The number of Topliss-reactive ketones (excluding diaryl/α,β-unsaturated/α-hetero) is 1. The molecular formula is C14H13Cl2NO. The Morgan fingerprint density at radius 2 is 1.78 bits per heavy atom. The van der Waals surface area contributed by atoms with E-state index in [9.17, 15) is 4.79 Å². The van der Waals surface area contributed by atoms with Gasteiger partial charge >= 0.3 is 0 Å². The van der Waals surface area contributed by atoms with Gasteiger partial charge in [-0.1, -0.05) is 50.0 Å². The molecule has 0 unspecified atom stereocenters. The van der Waals surface area contributed by atoms with Gasteiger partial charge in [0.1, 0.15) is 6.07 Å². The highest BCUT2D eigenvalue weighted by molar-refractivity contribution is 6.37. The minimum absolute atomic E-state index is 0.0532. The van der Waals surface area contributed by atoms with E-state index in [2.05, 4.69) is 0 Å². The number of halogens is 2. The Hall–Kier alpha value is -1.30. The smallest absolute Gasteiger partial charge is 0.178 e. The Labute approximate surface area is 117 Å². The van der Waals surface area contributed by atoms with Gasteiger partial charge in [-0.3, -0.25) is 4.79 Å². The second kappa shape index (κ2) is 5.56. The van der Waals surface area contributed by atoms with Crippen molar-refractivity contribution in [3.05, 3.63) is 39.4 Å². The summed E-state index contributed by atoms with van der Waals surface area (Å²) in [6.07, 6.45) is 1.44. The zero-order valence-corrected chi connectivity index (χ0v) is 11.9. The van der Waals surface area contributed by atoms with Gasteiger partial charge in [-0.25, -0.2) is 0 Å². The van der Waals surface area contributed by atoms with Gasteiger partial charge in [-0.05, 0) is 18.2 Å². The van der Waals surface area contributed by atoms with Crippen LogP contribution in [0.25, 0.3) is 6.08 Å². The third-order valence-electron chi connectivity index (χ3n) is 2.33. The molecule has 0 aliphatic rings. The van der Waals surface area contributed by atoms with Crippen LogP contribution in [0.1, 0.15) is 26.3 Å². The number of rotatable bonds is 2. The first-order valence-electron chi connectivity index (χ1n) is 5.38. The molecule has 94 valence electrons. The maximum Gasteiger partial charge on any atom is 0.178 e. The van der Waals surface area contributed by atoms with Crippen LogP contribution < -0.4 is 0 Å². The van der Waals surface area contributed by atoms with Gasteiger partial charge < -0.3 is 0 Å². The van der Waals surface area contributed by atoms with Crippen molar-refractivity contribution in [2.45, 2.75) is 20.8 Å². The highest BCUT2D eigenvalue weighted by atomic mass is 35.5. The molecular weight excluding hydrogens is 269 g/mol. The molecule has 2 nitrogen and oxygen atoms in total. The molecule has 18 heavy (non-hydrogen) atoms. The molecule has 0 saturated carbocycles. The van der Waals surface area contributed by atoms with E-state index >= 15 is 0 Å². The van der Waals surface area contributed by atoms with E-state index in [1.54, 1.807) is 39.0 Å². The third kappa shape index (κ3) is 3.35. The Kier molecular flexibility index (Phi) is 4.56. The summed E-state index contributed by atoms with van der Waals surface area (Å²) in [5, 5.41) is 9.91. The average molecular weight is 282 g/mol. The second-order valence-corrected chi connectivity index (χ2v) is 5.70. The van der Waals surface area contributed by atoms with Crippen LogP contribution >= 0.6 is 23.2 Å². The number of allylic oxidation sites excluding steroid dienone is 1. The summed E-state index contributed by atoms with van der Waals surface area (Å²) in [5.74, 6) is -0.235. The summed E-state index contributed by atoms with van der Waals surface area (Å²) in [4.78, 5) is 12.0. The molecule has 0 aliphatic heterocycles. The first kappa shape index (κ1) is 14.8. The molecule has 1 aromatic rings. The second-order valence-electron chi connectivity index (χ2n) is 4.88. The number of benzene rings is 1. The lowest BCUT2D eigenvalue weighted by Gasteiger charge is -2.15. The number of hydrogen-bond donors (Lipinski definition) is 0. The number of carbonyl (C=O) groups is 1. The van der Waals surface area contributed by atoms with Crippen molar-refractivity contribution in [3.8, 4) is 6.07 Å². The molecule has 0 aliphatic carbocycles. The van der Waals surface area contributed by atoms with Crippen molar-refractivity contribution >= 4 is 35.1 Å². The van der Waals surface area contributed by atoms with Crippen LogP contribution in [-0.4, -0.2) is 5.78 Å². The van der Waals surface area contributed by atoms with Crippen molar-refractivity contribution < 1.29 is 4.79 Å². The van der Waals surface area contributed by atoms with E-state index < -0.39 is 5.41 Å². The van der Waals surface area contributed by atoms with Crippen molar-refractivity contribution in [1.29, 1.82) is 5.26 Å². The van der Waals surface area contributed by atoms with Crippen LogP contribution in [0.5, 0.6) is 0 Å². The van der Waals surface area contributed by atoms with Crippen molar-refractivity contribution in [1.82, 2.24) is 0 Å². The van der Waals surface area contributed by atoms with E-state index in [4.69, 9.17) is 28.5 Å². The first-order valence-corrected chi connectivity index (χ1v) is 6.13. The number of carbonyl (C=O) groups excluding carboxylic acids is 1. The Morgan fingerprint density at radius 3 is 2.17 bits per heavy atom. The zero-order valence-electron chi connectivity index (χ0n) is 10.4. The molecule has 4 heteroatoms. The van der Waals surface area contributed by atoms with Gasteiger partial charge in [-0.2, -0.15) is 5.26 Å². The van der Waals surface area contributed by atoms with E-state index in [1.165, 1.54) is 6.08 Å². The topological polar surface area (TPSA) is 40.9 Å². The minimum atomic E-state index is -0.616. The van der Waals surface area contributed by atoms with Crippen molar-refractivity contribution in [2.24, 2.45) is 5.41 Å². The highest BCUT2D eigenvalue weighted by Crippen LogP contribution is 2.28. The summed E-state index contributed by atoms with van der Waals surface area (Å²) in [5.41, 5.74) is -0.0672. The predicted molar refractivity (Wildman–Crippen MR) is 74.5 cm³/mol. The maximum atomic E-state index is 12.0. The fourth-order valence-corrected chi connectivity index (χ4v) is 1.85. The van der Waals surface area contributed by atoms with Gasteiger partial charge in [0.2, 0.25) is 0 Å². The summed E-state index contributed by atoms with van der Waals surface area (Å²) in [6.45, 7) is 5.28. The molecule has 0 amide bonds. The van der Waals surface area contributed by atoms with Gasteiger partial charge in [0.25, 0.3) is 0 Å². The summed E-state index contributed by atoms with van der Waals surface area (Å²) >= 11 is 12.0. The molecule has 0 spiro atoms. The summed E-state index contributed by atoms with van der Waals surface area (Å²) < 4.78 is 0. The SMILES string of the molecule is CC(C)(C)C(=O)C(C#N)=Cc1c(Cl)cccc1Cl. The molecule has 0 saturated heterocycles. The Bertz CT molecular complexity index is 528. The zero-order chi connectivity index (χ0) is 13.9. The molecule has 0 N–H and O–H groups in total. The molecule has 0 fully saturated rings. The monoisotopic (exact) mass is 281 g/mol. The lowest BCUT2D eigenvalue weighted by molar-refractivity contribution is -0.121. The van der Waals surface area contributed by atoms with Gasteiger partial charge in [-0.15, -0.1) is 0 Å². The van der Waals surface area contributed by atoms with Crippen LogP contribution in [0.4, 0.5) is 0 Å². The Morgan fingerprint density at radius 1 is 1.28 bits per heavy atom. The van der Waals surface area contributed by atoms with E-state index in [0.29, 0.717) is 15.6 Å². The number of hydrogen-bond acceptors (Lipinski definition) is 2. The lowest BCUT2D eigenvalue weighted by Crippen LogP contribution is -2.21. The van der Waals surface area contributed by atoms with Crippen LogP contribution in [0.15, 0.2) is 23.8 Å². The normalized spacial score (nSPS) is 12.1. The lowest BCUT2D eigenvalue weighted by atomic mass is 9.86. The minimum Gasteiger partial charge on any atom is -0.293 e. The first-order chi connectivity index (χ1) is 8.27. The van der Waals surface area contributed by atoms with E-state index in [-0.39, 0.29) is 11.4 Å². The number of nitrogens with zero attached hydrogens (tertiary/aromatic N) is 1. The largest absolute Gasteiger partial charge is 0.293 e. The molecule has 0 bridgehead atoms. The fourth-order valence-electron chi connectivity index (χ4n) is 1.35. The average Bonchev–Trinajstić information content (AvgIpc) is 2.27. The standard InChI is InChI=1S/C14H13Cl2NO/c1-14(2,3)13(18)9(8-17)7-10-11(15)5-4-6-12(10)16/h4-7H,1-3H3. The van der Waals surface area contributed by atoms with Gasteiger partial charge in [0, 0.05) is 21.0 Å². The molecule has 0 radical (unpaired) electrons. The highest BCUT2D eigenvalue weighted by Gasteiger charge is 2.25. The van der Waals surface area contributed by atoms with E-state index in [1.807, 2.05) is 6.07 Å². The van der Waals surface area contributed by atoms with E-state index in [0.717, 1.165) is 0 Å². The molecule has 1 aromatic carbocycles. The van der Waals surface area contributed by atoms with Crippen LogP contribution in [-0.2, 0) is 4.79 Å². The van der Waals surface area contributed by atoms with Crippen molar-refractivity contribution in [3.63, 3.8) is 0 Å². The Balaban J connectivity index is 3.31. The van der Waals surface area contributed by atoms with Crippen LogP contribution in [0.3, 0.4) is 0 Å². The maximum absolute atomic E-state index is 12.0. The van der Waals surface area contributed by atoms with Crippen LogP contribution in [0.2, 0.25) is 10.0 Å². The number of ketones is 1. The fraction of sp³-hybridized carbons (Fsp3) is 0.286. The molecule has 0 aromatic heterocycles. The molecule has 0 atom stereocenters. The van der Waals surface area contributed by atoms with Gasteiger partial charge in [0.05, 0.1) is 5.57 Å². The van der Waals surface area contributed by atoms with Gasteiger partial charge in [0.15, 0.2) is 5.78 Å². The van der Waals surface area contributed by atoms with Crippen molar-refractivity contribution in [2.75, 3.05) is 0 Å². The summed E-state index contributed by atoms with van der Waals surface area (Å²) in [7, 11) is 0. The molecule has 1 rings (SSSR count). The number of nitriles is 1. The molecule has 0 heterocycles. The van der Waals surface area contributed by atoms with Crippen LogP contribution in [0, 0.1) is 16.7 Å². The quantitative estimate of drug-likeness (QED) is 0.591. The summed E-state index contributed by atoms with van der Waals surface area (Å²) in [6, 6.07) is 6.94.